The van der Waals surface area contributed by atoms with Crippen molar-refractivity contribution in [1.29, 1.82) is 0 Å². The zero-order valence-electron chi connectivity index (χ0n) is 4.83. The second-order valence-corrected chi connectivity index (χ2v) is 2.04. The maximum Gasteiger partial charge on any atom is 0.131 e. The van der Waals surface area contributed by atoms with Crippen LogP contribution in [-0.4, -0.2) is 5.84 Å². The Kier molecular flexibility index (Phi) is 0.681. The molecule has 0 spiro atoms. The minimum atomic E-state index is 0.634. The third-order valence-corrected chi connectivity index (χ3v) is 1.47. The SMILES string of the molecule is NC1=NC=C2C=CC=C21. The maximum absolute atomic E-state index is 5.51. The molecule has 2 rings (SSSR count). The van der Waals surface area contributed by atoms with E-state index in [0.717, 1.165) is 11.1 Å². The first-order chi connectivity index (χ1) is 4.38. The Morgan fingerprint density at radius 2 is 2.33 bits per heavy atom. The number of hydrogen-bond donors (Lipinski definition) is 1. The fraction of sp³-hybridized carbons (Fsp3) is 0. The van der Waals surface area contributed by atoms with Crippen LogP contribution in [0.3, 0.4) is 0 Å². The average molecular weight is 118 g/mol. The minimum absolute atomic E-state index is 0.634. The third kappa shape index (κ3) is 0.470. The van der Waals surface area contributed by atoms with E-state index in [1.165, 1.54) is 0 Å². The first-order valence-corrected chi connectivity index (χ1v) is 2.80. The van der Waals surface area contributed by atoms with Crippen molar-refractivity contribution < 1.29 is 0 Å². The molecule has 2 heteroatoms. The van der Waals surface area contributed by atoms with Crippen molar-refractivity contribution in [3.63, 3.8) is 0 Å². The first kappa shape index (κ1) is 4.56. The number of rotatable bonds is 0. The van der Waals surface area contributed by atoms with Gasteiger partial charge in [0.05, 0.1) is 0 Å². The Morgan fingerprint density at radius 1 is 1.44 bits per heavy atom. The van der Waals surface area contributed by atoms with E-state index < -0.39 is 0 Å². The van der Waals surface area contributed by atoms with Gasteiger partial charge in [0.15, 0.2) is 0 Å². The number of amidine groups is 1. The second-order valence-electron chi connectivity index (χ2n) is 2.04. The normalized spacial score (nSPS) is 21.1. The van der Waals surface area contributed by atoms with Gasteiger partial charge >= 0.3 is 0 Å². The monoisotopic (exact) mass is 118 g/mol. The molecule has 0 amide bonds. The lowest BCUT2D eigenvalue weighted by Crippen LogP contribution is -2.10. The fourth-order valence-electron chi connectivity index (χ4n) is 0.988. The van der Waals surface area contributed by atoms with Crippen LogP contribution < -0.4 is 5.73 Å². The van der Waals surface area contributed by atoms with Crippen molar-refractivity contribution in [3.05, 3.63) is 35.6 Å². The van der Waals surface area contributed by atoms with Gasteiger partial charge in [0.2, 0.25) is 0 Å². The molecule has 0 bridgehead atoms. The zero-order chi connectivity index (χ0) is 6.27. The molecule has 2 N–H and O–H groups in total. The lowest BCUT2D eigenvalue weighted by Gasteiger charge is -1.91. The van der Waals surface area contributed by atoms with Gasteiger partial charge in [-0.15, -0.1) is 0 Å². The van der Waals surface area contributed by atoms with E-state index in [1.807, 2.05) is 18.2 Å². The molecule has 0 aromatic carbocycles. The van der Waals surface area contributed by atoms with E-state index >= 15 is 0 Å². The van der Waals surface area contributed by atoms with Crippen LogP contribution in [0.5, 0.6) is 0 Å². The van der Waals surface area contributed by atoms with Gasteiger partial charge in [-0.25, -0.2) is 4.99 Å². The Hall–Kier alpha value is -1.31. The molecule has 2 aliphatic rings. The summed E-state index contributed by atoms with van der Waals surface area (Å²) in [7, 11) is 0. The molecular formula is C7H6N2. The summed E-state index contributed by atoms with van der Waals surface area (Å²) in [5.41, 5.74) is 7.71. The summed E-state index contributed by atoms with van der Waals surface area (Å²) in [5.74, 6) is 0.634. The Balaban J connectivity index is 2.53. The smallest absolute Gasteiger partial charge is 0.131 e. The van der Waals surface area contributed by atoms with Crippen LogP contribution in [0.25, 0.3) is 0 Å². The Bertz CT molecular complexity index is 267. The predicted octanol–water partition coefficient (Wildman–Crippen LogP) is 0.737. The molecule has 0 saturated heterocycles. The summed E-state index contributed by atoms with van der Waals surface area (Å²) < 4.78 is 0. The van der Waals surface area contributed by atoms with Gasteiger partial charge in [0.25, 0.3) is 0 Å². The summed E-state index contributed by atoms with van der Waals surface area (Å²) in [4.78, 5) is 3.93. The van der Waals surface area contributed by atoms with Crippen LogP contribution in [0.1, 0.15) is 0 Å². The number of aliphatic imine (C=N–C) groups is 1. The molecule has 1 aliphatic heterocycles. The summed E-state index contributed by atoms with van der Waals surface area (Å²) in [5, 5.41) is 0. The quantitative estimate of drug-likeness (QED) is 0.500. The Morgan fingerprint density at radius 3 is 3.11 bits per heavy atom. The van der Waals surface area contributed by atoms with Crippen molar-refractivity contribution in [2.45, 2.75) is 0 Å². The van der Waals surface area contributed by atoms with Gasteiger partial charge < -0.3 is 5.73 Å². The maximum atomic E-state index is 5.51. The summed E-state index contributed by atoms with van der Waals surface area (Å²) >= 11 is 0. The van der Waals surface area contributed by atoms with Gasteiger partial charge in [-0.3, -0.25) is 0 Å². The highest BCUT2D eigenvalue weighted by Gasteiger charge is 2.13. The Labute approximate surface area is 53.1 Å². The predicted molar refractivity (Wildman–Crippen MR) is 36.9 cm³/mol. The average Bonchev–Trinajstić information content (AvgIpc) is 2.35. The standard InChI is InChI=1S/C7H6N2/c8-7-6-3-1-2-5(6)4-9-7/h1-4H,(H2,8,9). The van der Waals surface area contributed by atoms with Crippen molar-refractivity contribution in [3.8, 4) is 0 Å². The van der Waals surface area contributed by atoms with E-state index in [-0.39, 0.29) is 0 Å². The molecule has 1 aliphatic carbocycles. The van der Waals surface area contributed by atoms with E-state index in [0.29, 0.717) is 5.84 Å². The van der Waals surface area contributed by atoms with E-state index in [1.54, 1.807) is 6.20 Å². The number of nitrogens with zero attached hydrogens (tertiary/aromatic N) is 1. The molecule has 1 heterocycles. The lowest BCUT2D eigenvalue weighted by atomic mass is 10.2. The number of allylic oxidation sites excluding steroid dienone is 3. The van der Waals surface area contributed by atoms with Crippen LogP contribution in [0.15, 0.2) is 40.6 Å². The summed E-state index contributed by atoms with van der Waals surface area (Å²) in [6.07, 6.45) is 7.73. The number of fused-ring (bicyclic) bond motifs is 1. The zero-order valence-corrected chi connectivity index (χ0v) is 4.83. The van der Waals surface area contributed by atoms with Crippen LogP contribution in [0, 0.1) is 0 Å². The molecule has 2 nitrogen and oxygen atoms in total. The third-order valence-electron chi connectivity index (χ3n) is 1.47. The van der Waals surface area contributed by atoms with Gasteiger partial charge in [0.1, 0.15) is 5.84 Å². The van der Waals surface area contributed by atoms with Crippen molar-refractivity contribution in [1.82, 2.24) is 0 Å². The van der Waals surface area contributed by atoms with Gasteiger partial charge in [0, 0.05) is 17.3 Å². The molecule has 0 saturated carbocycles. The summed E-state index contributed by atoms with van der Waals surface area (Å²) in [6, 6.07) is 0. The summed E-state index contributed by atoms with van der Waals surface area (Å²) in [6.45, 7) is 0. The second kappa shape index (κ2) is 1.35. The van der Waals surface area contributed by atoms with Crippen LogP contribution in [0.2, 0.25) is 0 Å². The molecule has 0 aromatic rings. The van der Waals surface area contributed by atoms with Crippen molar-refractivity contribution in [2.75, 3.05) is 0 Å². The number of hydrogen-bond acceptors (Lipinski definition) is 2. The van der Waals surface area contributed by atoms with Crippen LogP contribution >= 0.6 is 0 Å². The largest absolute Gasteiger partial charge is 0.383 e. The molecule has 9 heavy (non-hydrogen) atoms. The minimum Gasteiger partial charge on any atom is -0.383 e. The molecule has 44 valence electrons. The topological polar surface area (TPSA) is 38.4 Å². The van der Waals surface area contributed by atoms with Gasteiger partial charge in [-0.1, -0.05) is 18.2 Å². The molecule has 0 atom stereocenters. The highest BCUT2D eigenvalue weighted by molar-refractivity contribution is 6.05. The highest BCUT2D eigenvalue weighted by Crippen LogP contribution is 2.22. The fourth-order valence-corrected chi connectivity index (χ4v) is 0.988. The molecule has 0 aromatic heterocycles. The molecule has 0 radical (unpaired) electrons. The number of nitrogens with two attached hydrogens (primary N) is 1. The molecule has 0 unspecified atom stereocenters. The highest BCUT2D eigenvalue weighted by atomic mass is 14.9. The lowest BCUT2D eigenvalue weighted by molar-refractivity contribution is 1.55. The van der Waals surface area contributed by atoms with E-state index in [9.17, 15) is 0 Å². The van der Waals surface area contributed by atoms with Crippen LogP contribution in [0.4, 0.5) is 0 Å². The first-order valence-electron chi connectivity index (χ1n) is 2.80. The van der Waals surface area contributed by atoms with E-state index in [4.69, 9.17) is 5.73 Å². The molecular weight excluding hydrogens is 112 g/mol. The van der Waals surface area contributed by atoms with Crippen LogP contribution in [-0.2, 0) is 0 Å². The molecule has 0 fully saturated rings. The van der Waals surface area contributed by atoms with E-state index in [2.05, 4.69) is 4.99 Å². The van der Waals surface area contributed by atoms with Gasteiger partial charge in [-0.05, 0) is 0 Å². The van der Waals surface area contributed by atoms with Gasteiger partial charge in [-0.2, -0.15) is 0 Å². The van der Waals surface area contributed by atoms with Crippen molar-refractivity contribution in [2.24, 2.45) is 10.7 Å². The van der Waals surface area contributed by atoms with Crippen molar-refractivity contribution >= 4 is 5.84 Å².